The Hall–Kier alpha value is -2.11. The molecule has 5 nitrogen and oxygen atoms in total. The summed E-state index contributed by atoms with van der Waals surface area (Å²) in [6.07, 6.45) is 2.86. The summed E-state index contributed by atoms with van der Waals surface area (Å²) in [4.78, 5) is 14.5. The Balaban J connectivity index is 1.46. The second-order valence-corrected chi connectivity index (χ2v) is 6.37. The second-order valence-electron chi connectivity index (χ2n) is 6.37. The predicted octanol–water partition coefficient (Wildman–Crippen LogP) is 2.52. The maximum absolute atomic E-state index is 12.2. The lowest BCUT2D eigenvalue weighted by Gasteiger charge is -2.33. The van der Waals surface area contributed by atoms with Gasteiger partial charge in [0, 0.05) is 25.7 Å². The van der Waals surface area contributed by atoms with Gasteiger partial charge >= 0.3 is 0 Å². The molecule has 1 aromatic heterocycles. The topological polar surface area (TPSA) is 65.7 Å². The van der Waals surface area contributed by atoms with Gasteiger partial charge in [0.1, 0.15) is 5.76 Å². The fourth-order valence-corrected chi connectivity index (χ4v) is 3.17. The lowest BCUT2D eigenvalue weighted by Crippen LogP contribution is -2.45. The van der Waals surface area contributed by atoms with E-state index in [9.17, 15) is 9.90 Å². The van der Waals surface area contributed by atoms with Crippen LogP contribution < -0.4 is 5.32 Å². The van der Waals surface area contributed by atoms with E-state index >= 15 is 0 Å². The molecular formula is C19H24N2O3. The highest BCUT2D eigenvalue weighted by Gasteiger charge is 2.23. The van der Waals surface area contributed by atoms with Crippen molar-refractivity contribution in [1.82, 2.24) is 10.2 Å². The summed E-state index contributed by atoms with van der Waals surface area (Å²) in [6, 6.07) is 11.6. The van der Waals surface area contributed by atoms with Gasteiger partial charge in [-0.2, -0.15) is 0 Å². The minimum Gasteiger partial charge on any atom is -0.469 e. The van der Waals surface area contributed by atoms with E-state index in [4.69, 9.17) is 4.42 Å². The lowest BCUT2D eigenvalue weighted by atomic mass is 10.0. The Morgan fingerprint density at radius 3 is 2.62 bits per heavy atom. The van der Waals surface area contributed by atoms with Crippen LogP contribution in [0.25, 0.3) is 0 Å². The summed E-state index contributed by atoms with van der Waals surface area (Å²) < 4.78 is 5.18. The van der Waals surface area contributed by atoms with Crippen molar-refractivity contribution >= 4 is 5.91 Å². The number of hydrogen-bond donors (Lipinski definition) is 2. The standard InChI is InChI=1S/C19H24N2O3/c1-14-17(9-12-24-14)19(23)20-16-7-10-21(11-8-16)13-18(22)15-5-3-2-4-6-15/h2-6,9,12,16,18,22H,7-8,10-11,13H2,1H3,(H,20,23)/t18-/m1/s1. The number of piperidine rings is 1. The number of rotatable bonds is 5. The molecule has 1 atom stereocenters. The van der Waals surface area contributed by atoms with Crippen LogP contribution in [-0.4, -0.2) is 41.6 Å². The number of aliphatic hydroxyl groups excluding tert-OH is 1. The number of likely N-dealkylation sites (tertiary alicyclic amines) is 1. The molecule has 0 spiro atoms. The first kappa shape index (κ1) is 16.7. The first-order chi connectivity index (χ1) is 11.6. The number of hydrogen-bond acceptors (Lipinski definition) is 4. The van der Waals surface area contributed by atoms with Gasteiger partial charge in [-0.1, -0.05) is 30.3 Å². The molecule has 0 saturated carbocycles. The van der Waals surface area contributed by atoms with Crippen LogP contribution in [0.1, 0.15) is 40.6 Å². The van der Waals surface area contributed by atoms with Crippen molar-refractivity contribution in [3.63, 3.8) is 0 Å². The summed E-state index contributed by atoms with van der Waals surface area (Å²) in [5, 5.41) is 13.4. The molecule has 24 heavy (non-hydrogen) atoms. The Morgan fingerprint density at radius 1 is 1.29 bits per heavy atom. The minimum absolute atomic E-state index is 0.0657. The van der Waals surface area contributed by atoms with Gasteiger partial charge in [0.2, 0.25) is 0 Å². The van der Waals surface area contributed by atoms with Gasteiger partial charge in [-0.15, -0.1) is 0 Å². The number of benzene rings is 1. The summed E-state index contributed by atoms with van der Waals surface area (Å²) in [5.74, 6) is 0.583. The zero-order valence-electron chi connectivity index (χ0n) is 13.9. The van der Waals surface area contributed by atoms with Crippen molar-refractivity contribution in [3.05, 3.63) is 59.5 Å². The van der Waals surface area contributed by atoms with E-state index in [-0.39, 0.29) is 11.9 Å². The fraction of sp³-hybridized carbons (Fsp3) is 0.421. The van der Waals surface area contributed by atoms with Crippen LogP contribution in [0.2, 0.25) is 0 Å². The summed E-state index contributed by atoms with van der Waals surface area (Å²) >= 11 is 0. The Kier molecular flexibility index (Phi) is 5.33. The SMILES string of the molecule is Cc1occc1C(=O)NC1CCN(C[C@@H](O)c2ccccc2)CC1. The third-order valence-corrected chi connectivity index (χ3v) is 4.64. The molecule has 128 valence electrons. The maximum atomic E-state index is 12.2. The molecule has 0 aliphatic carbocycles. The van der Waals surface area contributed by atoms with Gasteiger partial charge in [0.15, 0.2) is 0 Å². The van der Waals surface area contributed by atoms with Gasteiger partial charge < -0.3 is 19.7 Å². The molecule has 2 N–H and O–H groups in total. The first-order valence-electron chi connectivity index (χ1n) is 8.44. The molecule has 1 saturated heterocycles. The van der Waals surface area contributed by atoms with Crippen molar-refractivity contribution in [2.75, 3.05) is 19.6 Å². The molecule has 5 heteroatoms. The van der Waals surface area contributed by atoms with Crippen LogP contribution in [0, 0.1) is 6.92 Å². The van der Waals surface area contributed by atoms with Gasteiger partial charge in [-0.3, -0.25) is 4.79 Å². The second kappa shape index (κ2) is 7.64. The number of furan rings is 1. The lowest BCUT2D eigenvalue weighted by molar-refractivity contribution is 0.0827. The van der Waals surface area contributed by atoms with E-state index in [1.54, 1.807) is 13.0 Å². The number of β-amino-alcohol motifs (C(OH)–C–C–N with tert-alkyl or cyclic N) is 1. The van der Waals surface area contributed by atoms with E-state index < -0.39 is 6.10 Å². The first-order valence-corrected chi connectivity index (χ1v) is 8.44. The van der Waals surface area contributed by atoms with Crippen LogP contribution in [0.3, 0.4) is 0 Å². The highest BCUT2D eigenvalue weighted by Crippen LogP contribution is 2.18. The van der Waals surface area contributed by atoms with Crippen LogP contribution in [-0.2, 0) is 0 Å². The summed E-state index contributed by atoms with van der Waals surface area (Å²) in [7, 11) is 0. The van der Waals surface area contributed by atoms with Crippen molar-refractivity contribution in [2.45, 2.75) is 31.9 Å². The molecule has 2 aromatic rings. The molecule has 1 aliphatic heterocycles. The molecule has 3 rings (SSSR count). The van der Waals surface area contributed by atoms with E-state index in [0.717, 1.165) is 31.5 Å². The van der Waals surface area contributed by atoms with Crippen LogP contribution in [0.4, 0.5) is 0 Å². The molecular weight excluding hydrogens is 304 g/mol. The maximum Gasteiger partial charge on any atom is 0.255 e. The molecule has 0 bridgehead atoms. The van der Waals surface area contributed by atoms with E-state index in [1.807, 2.05) is 30.3 Å². The Bertz CT molecular complexity index is 660. The molecule has 0 radical (unpaired) electrons. The normalized spacial score (nSPS) is 17.6. The average molecular weight is 328 g/mol. The quantitative estimate of drug-likeness (QED) is 0.885. The Labute approximate surface area is 142 Å². The van der Waals surface area contributed by atoms with Gasteiger partial charge in [-0.25, -0.2) is 0 Å². The molecule has 1 fully saturated rings. The molecule has 1 amide bonds. The molecule has 0 unspecified atom stereocenters. The van der Waals surface area contributed by atoms with E-state index in [0.29, 0.717) is 17.9 Å². The smallest absolute Gasteiger partial charge is 0.255 e. The van der Waals surface area contributed by atoms with Crippen molar-refractivity contribution in [1.29, 1.82) is 0 Å². The summed E-state index contributed by atoms with van der Waals surface area (Å²) in [5.41, 5.74) is 1.56. The average Bonchev–Trinajstić information content (AvgIpc) is 3.03. The zero-order valence-corrected chi connectivity index (χ0v) is 13.9. The predicted molar refractivity (Wildman–Crippen MR) is 91.8 cm³/mol. The third kappa shape index (κ3) is 4.04. The number of nitrogens with zero attached hydrogens (tertiary/aromatic N) is 1. The van der Waals surface area contributed by atoms with Crippen molar-refractivity contribution < 1.29 is 14.3 Å². The number of amides is 1. The third-order valence-electron chi connectivity index (χ3n) is 4.64. The van der Waals surface area contributed by atoms with Gasteiger partial charge in [-0.05, 0) is 31.4 Å². The minimum atomic E-state index is -0.467. The zero-order chi connectivity index (χ0) is 16.9. The van der Waals surface area contributed by atoms with Crippen molar-refractivity contribution in [3.8, 4) is 0 Å². The fourth-order valence-electron chi connectivity index (χ4n) is 3.17. The van der Waals surface area contributed by atoms with Crippen LogP contribution in [0.15, 0.2) is 47.1 Å². The number of nitrogens with one attached hydrogen (secondary N) is 1. The monoisotopic (exact) mass is 328 g/mol. The highest BCUT2D eigenvalue weighted by molar-refractivity contribution is 5.95. The number of aliphatic hydroxyl groups is 1. The number of carbonyl (C=O) groups excluding carboxylic acids is 1. The Morgan fingerprint density at radius 2 is 2.00 bits per heavy atom. The highest BCUT2D eigenvalue weighted by atomic mass is 16.3. The van der Waals surface area contributed by atoms with Gasteiger partial charge in [0.25, 0.3) is 5.91 Å². The summed E-state index contributed by atoms with van der Waals surface area (Å²) in [6.45, 7) is 4.17. The van der Waals surface area contributed by atoms with E-state index in [1.165, 1.54) is 6.26 Å². The van der Waals surface area contributed by atoms with Crippen molar-refractivity contribution in [2.24, 2.45) is 0 Å². The van der Waals surface area contributed by atoms with Crippen LogP contribution >= 0.6 is 0 Å². The number of carbonyl (C=O) groups is 1. The van der Waals surface area contributed by atoms with Crippen LogP contribution in [0.5, 0.6) is 0 Å². The molecule has 1 aliphatic rings. The molecule has 2 heterocycles. The van der Waals surface area contributed by atoms with E-state index in [2.05, 4.69) is 10.2 Å². The largest absolute Gasteiger partial charge is 0.469 e. The van der Waals surface area contributed by atoms with Gasteiger partial charge in [0.05, 0.1) is 17.9 Å². The molecule has 1 aromatic carbocycles. The number of aryl methyl sites for hydroxylation is 1.